The van der Waals surface area contributed by atoms with E-state index in [1.165, 1.54) is 23.9 Å². The van der Waals surface area contributed by atoms with Crippen LogP contribution in [0.3, 0.4) is 0 Å². The van der Waals surface area contributed by atoms with E-state index in [1.54, 1.807) is 24.3 Å². The van der Waals surface area contributed by atoms with E-state index in [4.69, 9.17) is 21.4 Å². The lowest BCUT2D eigenvalue weighted by Crippen LogP contribution is -2.09. The van der Waals surface area contributed by atoms with Gasteiger partial charge in [-0.05, 0) is 47.0 Å². The maximum absolute atomic E-state index is 13.7. The molecule has 1 N–H and O–H groups in total. The number of carbonyl (C=O) groups is 1. The zero-order valence-electron chi connectivity index (χ0n) is 15.3. The quantitative estimate of drug-likeness (QED) is 0.436. The summed E-state index contributed by atoms with van der Waals surface area (Å²) in [4.78, 5) is 11.4. The highest BCUT2D eigenvalue weighted by Gasteiger charge is 2.08. The molecule has 0 aromatic heterocycles. The standard InChI is InChI=1S/C23H18ClFO3S/c24-21-14-19(28-15-23(26)27)9-10-22(21)29-12-11-20(16-5-2-1-3-6-16)17-7-4-8-18(25)13-17/h1-11,13-14H,12,15H2,(H,26,27)/b20-11-. The second-order valence-electron chi connectivity index (χ2n) is 6.08. The first-order chi connectivity index (χ1) is 14.0. The molecule has 0 saturated carbocycles. The summed E-state index contributed by atoms with van der Waals surface area (Å²) >= 11 is 7.82. The highest BCUT2D eigenvalue weighted by molar-refractivity contribution is 7.99. The second kappa shape index (κ2) is 10.1. The van der Waals surface area contributed by atoms with Crippen LogP contribution in [-0.2, 0) is 4.79 Å². The number of benzene rings is 3. The Bertz CT molecular complexity index is 1020. The number of hydrogen-bond donors (Lipinski definition) is 1. The zero-order chi connectivity index (χ0) is 20.6. The maximum Gasteiger partial charge on any atom is 0.341 e. The second-order valence-corrected chi connectivity index (χ2v) is 7.55. The summed E-state index contributed by atoms with van der Waals surface area (Å²) in [5.41, 5.74) is 2.75. The predicted octanol–water partition coefficient (Wildman–Crippen LogP) is 6.17. The number of carboxylic acids is 1. The monoisotopic (exact) mass is 428 g/mol. The molecule has 3 nitrogen and oxygen atoms in total. The van der Waals surface area contributed by atoms with E-state index < -0.39 is 12.6 Å². The topological polar surface area (TPSA) is 46.5 Å². The molecule has 0 amide bonds. The van der Waals surface area contributed by atoms with Crippen molar-refractivity contribution in [2.75, 3.05) is 12.4 Å². The van der Waals surface area contributed by atoms with Gasteiger partial charge in [-0.2, -0.15) is 0 Å². The van der Waals surface area contributed by atoms with Crippen molar-refractivity contribution < 1.29 is 19.0 Å². The fourth-order valence-corrected chi connectivity index (χ4v) is 3.85. The van der Waals surface area contributed by atoms with Crippen LogP contribution >= 0.6 is 23.4 Å². The summed E-state index contributed by atoms with van der Waals surface area (Å²) in [5.74, 6) is -0.301. The van der Waals surface area contributed by atoms with Crippen molar-refractivity contribution in [1.82, 2.24) is 0 Å². The lowest BCUT2D eigenvalue weighted by atomic mass is 9.98. The molecule has 0 aliphatic heterocycles. The summed E-state index contributed by atoms with van der Waals surface area (Å²) < 4.78 is 18.9. The molecule has 0 fully saturated rings. The number of rotatable bonds is 8. The molecular formula is C23H18ClFO3S. The minimum Gasteiger partial charge on any atom is -0.482 e. The van der Waals surface area contributed by atoms with Gasteiger partial charge in [0.1, 0.15) is 11.6 Å². The summed E-state index contributed by atoms with van der Waals surface area (Å²) in [7, 11) is 0. The van der Waals surface area contributed by atoms with Gasteiger partial charge >= 0.3 is 5.97 Å². The summed E-state index contributed by atoms with van der Waals surface area (Å²) in [5, 5.41) is 9.16. The van der Waals surface area contributed by atoms with Gasteiger partial charge in [0.25, 0.3) is 0 Å². The molecule has 0 atom stereocenters. The molecule has 0 radical (unpaired) electrons. The van der Waals surface area contributed by atoms with Crippen LogP contribution in [0.2, 0.25) is 5.02 Å². The van der Waals surface area contributed by atoms with E-state index in [2.05, 4.69) is 0 Å². The van der Waals surface area contributed by atoms with Crippen molar-refractivity contribution in [3.8, 4) is 5.75 Å². The highest BCUT2D eigenvalue weighted by Crippen LogP contribution is 2.32. The summed E-state index contributed by atoms with van der Waals surface area (Å²) in [6.07, 6.45) is 2.04. The van der Waals surface area contributed by atoms with Gasteiger partial charge in [0.15, 0.2) is 6.61 Å². The third kappa shape index (κ3) is 6.11. The first kappa shape index (κ1) is 21.0. The molecule has 29 heavy (non-hydrogen) atoms. The minimum atomic E-state index is -1.05. The van der Waals surface area contributed by atoms with E-state index in [-0.39, 0.29) is 5.82 Å². The van der Waals surface area contributed by atoms with Crippen LogP contribution in [-0.4, -0.2) is 23.4 Å². The molecule has 3 aromatic rings. The molecule has 3 rings (SSSR count). The third-order valence-corrected chi connectivity index (χ3v) is 5.44. The van der Waals surface area contributed by atoms with Crippen molar-refractivity contribution >= 4 is 34.9 Å². The Morgan fingerprint density at radius 1 is 1.03 bits per heavy atom. The molecule has 6 heteroatoms. The van der Waals surface area contributed by atoms with Gasteiger partial charge in [-0.25, -0.2) is 9.18 Å². The Morgan fingerprint density at radius 2 is 1.79 bits per heavy atom. The number of ether oxygens (including phenoxy) is 1. The largest absolute Gasteiger partial charge is 0.482 e. The number of thioether (sulfide) groups is 1. The summed E-state index contributed by atoms with van der Waals surface area (Å²) in [6.45, 7) is -0.417. The molecule has 0 aliphatic carbocycles. The van der Waals surface area contributed by atoms with Crippen molar-refractivity contribution in [3.63, 3.8) is 0 Å². The third-order valence-electron chi connectivity index (χ3n) is 4.01. The molecule has 0 aliphatic rings. The van der Waals surface area contributed by atoms with E-state index in [1.807, 2.05) is 42.5 Å². The van der Waals surface area contributed by atoms with Crippen LogP contribution in [0.4, 0.5) is 4.39 Å². The minimum absolute atomic E-state index is 0.281. The van der Waals surface area contributed by atoms with Gasteiger partial charge in [-0.15, -0.1) is 11.8 Å². The molecule has 148 valence electrons. The SMILES string of the molecule is O=C(O)COc1ccc(SC/C=C(/c2ccccc2)c2cccc(F)c2)c(Cl)c1. The van der Waals surface area contributed by atoms with Gasteiger partial charge in [-0.3, -0.25) is 0 Å². The van der Waals surface area contributed by atoms with Crippen LogP contribution in [0.25, 0.3) is 5.57 Å². The first-order valence-electron chi connectivity index (χ1n) is 8.81. The van der Waals surface area contributed by atoms with Gasteiger partial charge in [0.2, 0.25) is 0 Å². The van der Waals surface area contributed by atoms with Crippen molar-refractivity contribution in [2.24, 2.45) is 0 Å². The summed E-state index contributed by atoms with van der Waals surface area (Å²) in [6, 6.07) is 21.4. The van der Waals surface area contributed by atoms with E-state index >= 15 is 0 Å². The van der Waals surface area contributed by atoms with Crippen LogP contribution < -0.4 is 4.74 Å². The smallest absolute Gasteiger partial charge is 0.341 e. The molecule has 3 aromatic carbocycles. The van der Waals surface area contributed by atoms with Gasteiger partial charge in [0, 0.05) is 10.6 Å². The van der Waals surface area contributed by atoms with E-state index in [9.17, 15) is 9.18 Å². The number of carboxylic acid groups (broad SMARTS) is 1. The average Bonchev–Trinajstić information content (AvgIpc) is 2.71. The Balaban J connectivity index is 1.77. The van der Waals surface area contributed by atoms with Crippen molar-refractivity contribution in [1.29, 1.82) is 0 Å². The Morgan fingerprint density at radius 3 is 2.48 bits per heavy atom. The van der Waals surface area contributed by atoms with Crippen LogP contribution in [0, 0.1) is 5.82 Å². The Hall–Kier alpha value is -2.76. The van der Waals surface area contributed by atoms with Crippen molar-refractivity contribution in [3.05, 3.63) is 101 Å². The van der Waals surface area contributed by atoms with Gasteiger partial charge < -0.3 is 9.84 Å². The van der Waals surface area contributed by atoms with Crippen LogP contribution in [0.1, 0.15) is 11.1 Å². The normalized spacial score (nSPS) is 11.3. The lowest BCUT2D eigenvalue weighted by Gasteiger charge is -2.10. The number of aliphatic carboxylic acids is 1. The Labute approximate surface area is 177 Å². The molecular weight excluding hydrogens is 411 g/mol. The Kier molecular flexibility index (Phi) is 7.33. The van der Waals surface area contributed by atoms with Crippen LogP contribution in [0.15, 0.2) is 83.8 Å². The van der Waals surface area contributed by atoms with E-state index in [0.717, 1.165) is 21.6 Å². The number of halogens is 2. The molecule has 0 bridgehead atoms. The number of hydrogen-bond acceptors (Lipinski definition) is 3. The zero-order valence-corrected chi connectivity index (χ0v) is 16.9. The van der Waals surface area contributed by atoms with E-state index in [0.29, 0.717) is 16.5 Å². The van der Waals surface area contributed by atoms with Crippen molar-refractivity contribution in [2.45, 2.75) is 4.90 Å². The molecule has 0 saturated heterocycles. The highest BCUT2D eigenvalue weighted by atomic mass is 35.5. The van der Waals surface area contributed by atoms with Crippen LogP contribution in [0.5, 0.6) is 5.75 Å². The fraction of sp³-hybridized carbons (Fsp3) is 0.0870. The first-order valence-corrected chi connectivity index (χ1v) is 10.2. The predicted molar refractivity (Wildman–Crippen MR) is 115 cm³/mol. The molecule has 0 spiro atoms. The molecule has 0 heterocycles. The average molecular weight is 429 g/mol. The molecule has 0 unspecified atom stereocenters. The van der Waals surface area contributed by atoms with Gasteiger partial charge in [-0.1, -0.05) is 60.1 Å². The fourth-order valence-electron chi connectivity index (χ4n) is 2.72. The maximum atomic E-state index is 13.7. The van der Waals surface area contributed by atoms with Gasteiger partial charge in [0.05, 0.1) is 5.02 Å². The lowest BCUT2D eigenvalue weighted by molar-refractivity contribution is -0.139.